The first-order valence-corrected chi connectivity index (χ1v) is 12.8. The summed E-state index contributed by atoms with van der Waals surface area (Å²) in [4.78, 5) is 27.0. The fraction of sp³-hybridized carbons (Fsp3) is 0.417. The Hall–Kier alpha value is -3.11. The number of nitrogens with one attached hydrogen (secondary N) is 2. The molecular weight excluding hydrogens is 456 g/mol. The summed E-state index contributed by atoms with van der Waals surface area (Å²) >= 11 is 0. The zero-order valence-corrected chi connectivity index (χ0v) is 20.7. The van der Waals surface area contributed by atoms with Crippen molar-refractivity contribution in [2.24, 2.45) is 0 Å². The maximum absolute atomic E-state index is 13.3. The number of piperidine rings is 1. The van der Waals surface area contributed by atoms with Crippen molar-refractivity contribution < 1.29 is 22.7 Å². The number of anilines is 2. The topological polar surface area (TPSA) is 108 Å². The summed E-state index contributed by atoms with van der Waals surface area (Å²) in [6.45, 7) is 3.91. The number of hydrogen-bond donors (Lipinski definition) is 2. The van der Waals surface area contributed by atoms with Gasteiger partial charge in [0.05, 0.1) is 10.5 Å². The third-order valence-corrected chi connectivity index (χ3v) is 7.36. The molecule has 3 rings (SSSR count). The zero-order chi connectivity index (χ0) is 24.7. The number of sulfonamides is 1. The van der Waals surface area contributed by atoms with Crippen LogP contribution < -0.4 is 20.3 Å². The summed E-state index contributed by atoms with van der Waals surface area (Å²) < 4.78 is 31.9. The van der Waals surface area contributed by atoms with E-state index in [1.807, 2.05) is 6.92 Å². The minimum atomic E-state index is -3.69. The number of carbonyl (C=O) groups excluding carboxylic acids is 2. The Kier molecular flexibility index (Phi) is 8.51. The van der Waals surface area contributed by atoms with Gasteiger partial charge in [-0.2, -0.15) is 0 Å². The molecule has 0 bridgehead atoms. The number of likely N-dealkylation sites (N-methyl/N-ethyl adjacent to an activating group) is 1. The molecule has 1 heterocycles. The SMILES string of the molecule is CCNC(=O)COc1ccc(NC(=O)c2cc(S(=O)(=O)N(C)C)ccc2N2CCCCC2)cc1. The van der Waals surface area contributed by atoms with E-state index in [0.717, 1.165) is 42.3 Å². The van der Waals surface area contributed by atoms with Gasteiger partial charge in [-0.05, 0) is 68.7 Å². The summed E-state index contributed by atoms with van der Waals surface area (Å²) in [5.74, 6) is -0.109. The highest BCUT2D eigenvalue weighted by Crippen LogP contribution is 2.29. The third kappa shape index (κ3) is 6.27. The number of rotatable bonds is 9. The molecule has 2 N–H and O–H groups in total. The molecule has 0 aliphatic carbocycles. The van der Waals surface area contributed by atoms with Crippen molar-refractivity contribution in [3.8, 4) is 5.75 Å². The lowest BCUT2D eigenvalue weighted by Gasteiger charge is -2.30. The van der Waals surface area contributed by atoms with Crippen LogP contribution in [0.1, 0.15) is 36.5 Å². The Morgan fingerprint density at radius 2 is 1.71 bits per heavy atom. The largest absolute Gasteiger partial charge is 0.484 e. The summed E-state index contributed by atoms with van der Waals surface area (Å²) in [7, 11) is -0.768. The van der Waals surface area contributed by atoms with Gasteiger partial charge in [-0.25, -0.2) is 12.7 Å². The molecule has 0 atom stereocenters. The van der Waals surface area contributed by atoms with E-state index in [1.54, 1.807) is 36.4 Å². The van der Waals surface area contributed by atoms with Crippen LogP contribution in [0.5, 0.6) is 5.75 Å². The molecular formula is C24H32N4O5S. The number of nitrogens with zero attached hydrogens (tertiary/aromatic N) is 2. The van der Waals surface area contributed by atoms with Crippen molar-refractivity contribution >= 4 is 33.2 Å². The van der Waals surface area contributed by atoms with Gasteiger partial charge >= 0.3 is 0 Å². The van der Waals surface area contributed by atoms with Crippen LogP contribution in [0.4, 0.5) is 11.4 Å². The van der Waals surface area contributed by atoms with Crippen LogP contribution in [0.3, 0.4) is 0 Å². The van der Waals surface area contributed by atoms with Crippen LogP contribution in [0.15, 0.2) is 47.4 Å². The average Bonchev–Trinajstić information content (AvgIpc) is 2.84. The van der Waals surface area contributed by atoms with Gasteiger partial charge in [0, 0.05) is 45.1 Å². The van der Waals surface area contributed by atoms with Gasteiger partial charge in [0.2, 0.25) is 10.0 Å². The van der Waals surface area contributed by atoms with Crippen LogP contribution >= 0.6 is 0 Å². The van der Waals surface area contributed by atoms with Crippen LogP contribution in [0.2, 0.25) is 0 Å². The van der Waals surface area contributed by atoms with Crippen molar-refractivity contribution in [1.29, 1.82) is 0 Å². The number of ether oxygens (including phenoxy) is 1. The normalized spacial score (nSPS) is 14.1. The van der Waals surface area contributed by atoms with Gasteiger partial charge in [-0.3, -0.25) is 9.59 Å². The molecule has 184 valence electrons. The number of carbonyl (C=O) groups is 2. The molecule has 2 amide bonds. The van der Waals surface area contributed by atoms with Crippen molar-refractivity contribution in [3.63, 3.8) is 0 Å². The second-order valence-electron chi connectivity index (χ2n) is 8.23. The van der Waals surface area contributed by atoms with E-state index in [-0.39, 0.29) is 17.4 Å². The van der Waals surface area contributed by atoms with Gasteiger partial charge in [-0.15, -0.1) is 0 Å². The van der Waals surface area contributed by atoms with Crippen LogP contribution in [0, 0.1) is 0 Å². The molecule has 2 aromatic carbocycles. The second kappa shape index (κ2) is 11.3. The Labute approximate surface area is 201 Å². The Balaban J connectivity index is 1.82. The maximum Gasteiger partial charge on any atom is 0.257 e. The van der Waals surface area contributed by atoms with Crippen molar-refractivity contribution in [2.75, 3.05) is 50.6 Å². The molecule has 1 aliphatic heterocycles. The molecule has 1 aliphatic rings. The van der Waals surface area contributed by atoms with E-state index >= 15 is 0 Å². The standard InChI is InChI=1S/C24H32N4O5S/c1-4-25-23(29)17-33-19-10-8-18(9-11-19)26-24(30)21-16-20(34(31,32)27(2)3)12-13-22(21)28-14-6-5-7-15-28/h8-13,16H,4-7,14-15,17H2,1-3H3,(H,25,29)(H,26,30). The highest BCUT2D eigenvalue weighted by Gasteiger charge is 2.24. The van der Waals surface area contributed by atoms with E-state index in [1.165, 1.54) is 20.2 Å². The first-order valence-electron chi connectivity index (χ1n) is 11.3. The highest BCUT2D eigenvalue weighted by molar-refractivity contribution is 7.89. The molecule has 0 radical (unpaired) electrons. The minimum absolute atomic E-state index is 0.0671. The molecule has 2 aromatic rings. The highest BCUT2D eigenvalue weighted by atomic mass is 32.2. The summed E-state index contributed by atoms with van der Waals surface area (Å²) in [6, 6.07) is 11.4. The predicted octanol–water partition coefficient (Wildman–Crippen LogP) is 2.69. The number of benzene rings is 2. The summed E-state index contributed by atoms with van der Waals surface area (Å²) in [5.41, 5.74) is 1.55. The summed E-state index contributed by atoms with van der Waals surface area (Å²) in [6.07, 6.45) is 3.19. The molecule has 0 unspecified atom stereocenters. The van der Waals surface area contributed by atoms with E-state index in [2.05, 4.69) is 15.5 Å². The van der Waals surface area contributed by atoms with Crippen molar-refractivity contribution in [1.82, 2.24) is 9.62 Å². The molecule has 0 aromatic heterocycles. The fourth-order valence-electron chi connectivity index (χ4n) is 3.71. The quantitative estimate of drug-likeness (QED) is 0.562. The Morgan fingerprint density at radius 3 is 2.32 bits per heavy atom. The fourth-order valence-corrected chi connectivity index (χ4v) is 4.64. The monoisotopic (exact) mass is 488 g/mol. The molecule has 10 heteroatoms. The van der Waals surface area contributed by atoms with Crippen LogP contribution in [-0.2, 0) is 14.8 Å². The van der Waals surface area contributed by atoms with Crippen LogP contribution in [-0.4, -0.2) is 64.9 Å². The maximum atomic E-state index is 13.3. The molecule has 1 fully saturated rings. The first kappa shape index (κ1) is 25.5. The molecule has 34 heavy (non-hydrogen) atoms. The predicted molar refractivity (Wildman–Crippen MR) is 132 cm³/mol. The van der Waals surface area contributed by atoms with Gasteiger partial charge in [-0.1, -0.05) is 0 Å². The van der Waals surface area contributed by atoms with Gasteiger partial charge in [0.15, 0.2) is 6.61 Å². The van der Waals surface area contributed by atoms with E-state index in [4.69, 9.17) is 4.74 Å². The average molecular weight is 489 g/mol. The third-order valence-electron chi connectivity index (χ3n) is 5.54. The smallest absolute Gasteiger partial charge is 0.257 e. The minimum Gasteiger partial charge on any atom is -0.484 e. The Morgan fingerprint density at radius 1 is 1.03 bits per heavy atom. The second-order valence-corrected chi connectivity index (χ2v) is 10.4. The Bertz CT molecular complexity index is 1110. The molecule has 1 saturated heterocycles. The van der Waals surface area contributed by atoms with Gasteiger partial charge in [0.1, 0.15) is 5.75 Å². The van der Waals surface area contributed by atoms with E-state index in [0.29, 0.717) is 23.5 Å². The van der Waals surface area contributed by atoms with Crippen molar-refractivity contribution in [3.05, 3.63) is 48.0 Å². The van der Waals surface area contributed by atoms with Gasteiger partial charge in [0.25, 0.3) is 11.8 Å². The number of hydrogen-bond acceptors (Lipinski definition) is 6. The zero-order valence-electron chi connectivity index (χ0n) is 19.8. The lowest BCUT2D eigenvalue weighted by atomic mass is 10.1. The lowest BCUT2D eigenvalue weighted by molar-refractivity contribution is -0.122. The molecule has 0 spiro atoms. The van der Waals surface area contributed by atoms with E-state index in [9.17, 15) is 18.0 Å². The lowest BCUT2D eigenvalue weighted by Crippen LogP contribution is -2.32. The van der Waals surface area contributed by atoms with Crippen LogP contribution in [0.25, 0.3) is 0 Å². The van der Waals surface area contributed by atoms with E-state index < -0.39 is 15.9 Å². The molecule has 9 nitrogen and oxygen atoms in total. The first-order chi connectivity index (χ1) is 16.2. The number of amides is 2. The molecule has 0 saturated carbocycles. The van der Waals surface area contributed by atoms with Gasteiger partial charge < -0.3 is 20.3 Å². The summed E-state index contributed by atoms with van der Waals surface area (Å²) in [5, 5.41) is 5.50. The van der Waals surface area contributed by atoms with Crippen molar-refractivity contribution in [2.45, 2.75) is 31.1 Å².